The SMILES string of the molecule is COC(=O)CC1CCN(C(=O)CCCC[C@@H]2SC[C@@H]3NC(=O)N[C@@H]32)CC1. The molecule has 3 aliphatic heterocycles. The number of carbonyl (C=O) groups is 3. The van der Waals surface area contributed by atoms with Gasteiger partial charge in [-0.25, -0.2) is 4.79 Å². The maximum absolute atomic E-state index is 12.4. The Morgan fingerprint density at radius 2 is 2.00 bits per heavy atom. The van der Waals surface area contributed by atoms with Crippen molar-refractivity contribution in [3.63, 3.8) is 0 Å². The molecule has 0 unspecified atom stereocenters. The van der Waals surface area contributed by atoms with E-state index in [4.69, 9.17) is 4.74 Å². The molecule has 3 amide bonds. The Labute approximate surface area is 159 Å². The number of rotatable bonds is 7. The summed E-state index contributed by atoms with van der Waals surface area (Å²) in [4.78, 5) is 37.0. The van der Waals surface area contributed by atoms with E-state index in [9.17, 15) is 14.4 Å². The van der Waals surface area contributed by atoms with Crippen LogP contribution in [0.1, 0.15) is 44.9 Å². The number of amides is 3. The molecule has 0 aromatic carbocycles. The van der Waals surface area contributed by atoms with Crippen LogP contribution in [0.3, 0.4) is 0 Å². The summed E-state index contributed by atoms with van der Waals surface area (Å²) in [6.45, 7) is 1.50. The maximum Gasteiger partial charge on any atom is 0.315 e. The highest BCUT2D eigenvalue weighted by atomic mass is 32.2. The Balaban J connectivity index is 1.29. The zero-order valence-electron chi connectivity index (χ0n) is 15.4. The number of carbonyl (C=O) groups excluding carboxylic acids is 3. The lowest BCUT2D eigenvalue weighted by Gasteiger charge is -2.31. The van der Waals surface area contributed by atoms with Crippen molar-refractivity contribution in [3.8, 4) is 0 Å². The zero-order valence-corrected chi connectivity index (χ0v) is 16.2. The zero-order chi connectivity index (χ0) is 18.5. The molecule has 0 radical (unpaired) electrons. The van der Waals surface area contributed by atoms with Gasteiger partial charge in [0.2, 0.25) is 5.91 Å². The van der Waals surface area contributed by atoms with Crippen LogP contribution in [0.2, 0.25) is 0 Å². The Morgan fingerprint density at radius 1 is 1.23 bits per heavy atom. The molecule has 3 fully saturated rings. The Kier molecular flexibility index (Phi) is 6.67. The average molecular weight is 384 g/mol. The first-order chi connectivity index (χ1) is 12.6. The molecule has 0 saturated carbocycles. The molecule has 3 heterocycles. The number of nitrogens with zero attached hydrogens (tertiary/aromatic N) is 1. The minimum atomic E-state index is -0.157. The van der Waals surface area contributed by atoms with E-state index in [1.807, 2.05) is 16.7 Å². The number of nitrogens with one attached hydrogen (secondary N) is 2. The van der Waals surface area contributed by atoms with Crippen molar-refractivity contribution in [2.24, 2.45) is 5.92 Å². The lowest BCUT2D eigenvalue weighted by Crippen LogP contribution is -2.39. The lowest BCUT2D eigenvalue weighted by molar-refractivity contribution is -0.142. The maximum atomic E-state index is 12.4. The highest BCUT2D eigenvalue weighted by Gasteiger charge is 2.42. The van der Waals surface area contributed by atoms with Crippen LogP contribution in [-0.2, 0) is 14.3 Å². The van der Waals surface area contributed by atoms with Gasteiger partial charge in [0.1, 0.15) is 0 Å². The molecule has 0 aliphatic carbocycles. The number of esters is 1. The van der Waals surface area contributed by atoms with Gasteiger partial charge in [-0.3, -0.25) is 9.59 Å². The van der Waals surface area contributed by atoms with Gasteiger partial charge in [0.15, 0.2) is 0 Å². The van der Waals surface area contributed by atoms with Gasteiger partial charge in [-0.15, -0.1) is 0 Å². The summed E-state index contributed by atoms with van der Waals surface area (Å²) < 4.78 is 4.72. The molecule has 0 aromatic rings. The van der Waals surface area contributed by atoms with Gasteiger partial charge in [-0.05, 0) is 31.6 Å². The van der Waals surface area contributed by atoms with Crippen molar-refractivity contribution in [2.45, 2.75) is 62.3 Å². The molecule has 2 N–H and O–H groups in total. The third kappa shape index (κ3) is 4.84. The molecule has 3 atom stereocenters. The third-order valence-electron chi connectivity index (χ3n) is 5.72. The molecule has 8 heteroatoms. The van der Waals surface area contributed by atoms with Crippen LogP contribution < -0.4 is 10.6 Å². The Hall–Kier alpha value is -1.44. The largest absolute Gasteiger partial charge is 0.469 e. The standard InChI is InChI=1S/C18H29N3O4S/c1-25-16(23)10-12-6-8-21(9-7-12)15(22)5-3-2-4-14-17-13(11-26-14)19-18(24)20-17/h12-14,17H,2-11H2,1H3,(H2,19,20,24)/t13-,14-,17-/m0/s1. The van der Waals surface area contributed by atoms with Crippen molar-refractivity contribution in [2.75, 3.05) is 26.0 Å². The van der Waals surface area contributed by atoms with Crippen molar-refractivity contribution >= 4 is 29.7 Å². The average Bonchev–Trinajstić information content (AvgIpc) is 3.18. The highest BCUT2D eigenvalue weighted by molar-refractivity contribution is 8.00. The molecule has 3 saturated heterocycles. The molecule has 7 nitrogen and oxygen atoms in total. The topological polar surface area (TPSA) is 87.7 Å². The fraction of sp³-hybridized carbons (Fsp3) is 0.833. The first-order valence-electron chi connectivity index (χ1n) is 9.60. The van der Waals surface area contributed by atoms with Crippen LogP contribution in [-0.4, -0.2) is 66.1 Å². The van der Waals surface area contributed by atoms with Crippen LogP contribution in [0.5, 0.6) is 0 Å². The van der Waals surface area contributed by atoms with Crippen molar-refractivity contribution in [1.29, 1.82) is 0 Å². The third-order valence-corrected chi connectivity index (χ3v) is 7.23. The van der Waals surface area contributed by atoms with Crippen LogP contribution in [0, 0.1) is 5.92 Å². The van der Waals surface area contributed by atoms with Gasteiger partial charge in [0, 0.05) is 36.9 Å². The number of ether oxygens (including phenoxy) is 1. The smallest absolute Gasteiger partial charge is 0.315 e. The van der Waals surface area contributed by atoms with Gasteiger partial charge >= 0.3 is 12.0 Å². The molecule has 26 heavy (non-hydrogen) atoms. The second-order valence-electron chi connectivity index (χ2n) is 7.47. The molecule has 0 aromatic heterocycles. The molecule has 146 valence electrons. The molecule has 0 spiro atoms. The van der Waals surface area contributed by atoms with Gasteiger partial charge in [0.25, 0.3) is 0 Å². The van der Waals surface area contributed by atoms with Crippen LogP contribution in [0.15, 0.2) is 0 Å². The van der Waals surface area contributed by atoms with E-state index in [2.05, 4.69) is 10.6 Å². The first-order valence-corrected chi connectivity index (χ1v) is 10.6. The lowest BCUT2D eigenvalue weighted by atomic mass is 9.93. The Morgan fingerprint density at radius 3 is 2.73 bits per heavy atom. The minimum absolute atomic E-state index is 0.0453. The summed E-state index contributed by atoms with van der Waals surface area (Å²) in [6.07, 6.45) is 5.79. The quantitative estimate of drug-likeness (QED) is 0.395. The van der Waals surface area contributed by atoms with Gasteiger partial charge < -0.3 is 20.3 Å². The summed E-state index contributed by atoms with van der Waals surface area (Å²) in [5.41, 5.74) is 0. The molecular weight excluding hydrogens is 354 g/mol. The normalized spacial score (nSPS) is 28.4. The van der Waals surface area contributed by atoms with E-state index < -0.39 is 0 Å². The first kappa shape index (κ1) is 19.3. The minimum Gasteiger partial charge on any atom is -0.469 e. The van der Waals surface area contributed by atoms with Crippen LogP contribution in [0.25, 0.3) is 0 Å². The van der Waals surface area contributed by atoms with Gasteiger partial charge in [-0.1, -0.05) is 6.42 Å². The van der Waals surface area contributed by atoms with Crippen molar-refractivity contribution in [1.82, 2.24) is 15.5 Å². The fourth-order valence-corrected chi connectivity index (χ4v) is 5.67. The summed E-state index contributed by atoms with van der Waals surface area (Å²) >= 11 is 1.92. The molecular formula is C18H29N3O4S. The predicted octanol–water partition coefficient (Wildman–Crippen LogP) is 1.51. The van der Waals surface area contributed by atoms with E-state index in [0.717, 1.165) is 50.9 Å². The molecule has 0 bridgehead atoms. The Bertz CT molecular complexity index is 537. The van der Waals surface area contributed by atoms with Gasteiger partial charge in [0.05, 0.1) is 19.2 Å². The fourth-order valence-electron chi connectivity index (χ4n) is 4.13. The van der Waals surface area contributed by atoms with Crippen molar-refractivity contribution in [3.05, 3.63) is 0 Å². The van der Waals surface area contributed by atoms with E-state index in [1.54, 1.807) is 0 Å². The number of methoxy groups -OCH3 is 1. The number of thioether (sulfide) groups is 1. The van der Waals surface area contributed by atoms with E-state index in [1.165, 1.54) is 7.11 Å². The number of fused-ring (bicyclic) bond motifs is 1. The van der Waals surface area contributed by atoms with Crippen LogP contribution in [0.4, 0.5) is 4.79 Å². The van der Waals surface area contributed by atoms with E-state index in [-0.39, 0.29) is 30.0 Å². The van der Waals surface area contributed by atoms with Crippen LogP contribution >= 0.6 is 11.8 Å². The summed E-state index contributed by atoms with van der Waals surface area (Å²) in [7, 11) is 1.42. The van der Waals surface area contributed by atoms with Gasteiger partial charge in [-0.2, -0.15) is 11.8 Å². The summed E-state index contributed by atoms with van der Waals surface area (Å²) in [6, 6.07) is 0.471. The second-order valence-corrected chi connectivity index (χ2v) is 8.74. The second kappa shape index (κ2) is 8.97. The number of likely N-dealkylation sites (tertiary alicyclic amines) is 1. The van der Waals surface area contributed by atoms with Crippen molar-refractivity contribution < 1.29 is 19.1 Å². The molecule has 3 aliphatic rings. The number of hydrogen-bond acceptors (Lipinski definition) is 5. The summed E-state index contributed by atoms with van der Waals surface area (Å²) in [5.74, 6) is 1.40. The number of piperidine rings is 1. The predicted molar refractivity (Wildman–Crippen MR) is 99.9 cm³/mol. The highest BCUT2D eigenvalue weighted by Crippen LogP contribution is 2.33. The number of urea groups is 1. The van der Waals surface area contributed by atoms with E-state index >= 15 is 0 Å². The summed E-state index contributed by atoms with van der Waals surface area (Å²) in [5, 5.41) is 6.43. The monoisotopic (exact) mass is 383 g/mol. The molecule has 3 rings (SSSR count). The van der Waals surface area contributed by atoms with E-state index in [0.29, 0.717) is 24.0 Å². The number of hydrogen-bond donors (Lipinski definition) is 2. The number of unbranched alkanes of at least 4 members (excludes halogenated alkanes) is 1.